The van der Waals surface area contributed by atoms with Crippen molar-refractivity contribution in [2.24, 2.45) is 30.7 Å². The SMILES string of the molecule is CCCCCc1ccc(-c2nnc(/N=N/c3ccc(/N=N/c4ccc(/N=N/c5ccc(N6CCCC6)s5)cc4C)cc3C)s2)cc1. The summed E-state index contributed by atoms with van der Waals surface area (Å²) in [7, 11) is 0. The second-order valence-corrected chi connectivity index (χ2v) is 13.4. The van der Waals surface area contributed by atoms with Crippen LogP contribution in [0.15, 0.2) is 103 Å². The first kappa shape index (κ1) is 31.5. The van der Waals surface area contributed by atoms with Gasteiger partial charge in [-0.1, -0.05) is 66.7 Å². The molecule has 2 aromatic heterocycles. The molecule has 6 rings (SSSR count). The highest BCUT2D eigenvalue weighted by Gasteiger charge is 2.14. The van der Waals surface area contributed by atoms with Crippen molar-refractivity contribution in [2.45, 2.75) is 59.3 Å². The number of nitrogens with zero attached hydrogens (tertiary/aromatic N) is 9. The van der Waals surface area contributed by atoms with Crippen LogP contribution in [0.25, 0.3) is 10.6 Å². The van der Waals surface area contributed by atoms with Gasteiger partial charge in [-0.2, -0.15) is 10.2 Å². The van der Waals surface area contributed by atoms with Gasteiger partial charge in [-0.25, -0.2) is 0 Å². The van der Waals surface area contributed by atoms with Gasteiger partial charge in [0.15, 0.2) is 0 Å². The quantitative estimate of drug-likeness (QED) is 0.0993. The van der Waals surface area contributed by atoms with Crippen LogP contribution >= 0.6 is 22.7 Å². The molecule has 0 saturated carbocycles. The third kappa shape index (κ3) is 8.21. The molecule has 11 heteroatoms. The second-order valence-electron chi connectivity index (χ2n) is 11.4. The van der Waals surface area contributed by atoms with Crippen LogP contribution in [-0.2, 0) is 6.42 Å². The number of azo groups is 3. The number of benzene rings is 3. The topological polar surface area (TPSA) is 103 Å². The van der Waals surface area contributed by atoms with E-state index in [-0.39, 0.29) is 0 Å². The Hall–Kier alpha value is -4.48. The van der Waals surface area contributed by atoms with E-state index in [9.17, 15) is 0 Å². The molecule has 1 saturated heterocycles. The summed E-state index contributed by atoms with van der Waals surface area (Å²) in [6.45, 7) is 8.46. The lowest BCUT2D eigenvalue weighted by atomic mass is 10.1. The molecular formula is C35H37N9S2. The Morgan fingerprint density at radius 1 is 0.674 bits per heavy atom. The summed E-state index contributed by atoms with van der Waals surface area (Å²) in [5.74, 6) is 0. The lowest BCUT2D eigenvalue weighted by Crippen LogP contribution is -2.15. The molecule has 0 unspecified atom stereocenters. The van der Waals surface area contributed by atoms with Crippen molar-refractivity contribution in [2.75, 3.05) is 18.0 Å². The molecule has 5 aromatic rings. The maximum absolute atomic E-state index is 4.48. The number of hydrogen-bond acceptors (Lipinski definition) is 11. The molecule has 9 nitrogen and oxygen atoms in total. The average molecular weight is 648 g/mol. The number of aryl methyl sites for hydroxylation is 3. The molecule has 234 valence electrons. The Morgan fingerprint density at radius 3 is 2.02 bits per heavy atom. The van der Waals surface area contributed by atoms with E-state index in [1.807, 2.05) is 56.3 Å². The maximum Gasteiger partial charge on any atom is 0.252 e. The van der Waals surface area contributed by atoms with Gasteiger partial charge in [-0.05, 0) is 105 Å². The van der Waals surface area contributed by atoms with Crippen LogP contribution in [0.4, 0.5) is 37.9 Å². The summed E-state index contributed by atoms with van der Waals surface area (Å²) in [6, 6.07) is 24.3. The van der Waals surface area contributed by atoms with Crippen LogP contribution in [0, 0.1) is 13.8 Å². The molecule has 0 N–H and O–H groups in total. The van der Waals surface area contributed by atoms with E-state index in [1.165, 1.54) is 54.0 Å². The van der Waals surface area contributed by atoms with Gasteiger partial charge in [-0.15, -0.1) is 30.7 Å². The van der Waals surface area contributed by atoms with Gasteiger partial charge < -0.3 is 4.90 Å². The van der Waals surface area contributed by atoms with Crippen molar-refractivity contribution in [1.29, 1.82) is 0 Å². The van der Waals surface area contributed by atoms with Gasteiger partial charge in [0.25, 0.3) is 5.13 Å². The lowest BCUT2D eigenvalue weighted by Gasteiger charge is -2.13. The second kappa shape index (κ2) is 15.2. The third-order valence-electron chi connectivity index (χ3n) is 7.82. The molecule has 0 radical (unpaired) electrons. The molecule has 1 fully saturated rings. The van der Waals surface area contributed by atoms with Crippen molar-refractivity contribution >= 4 is 60.6 Å². The lowest BCUT2D eigenvalue weighted by molar-refractivity contribution is 0.717. The van der Waals surface area contributed by atoms with E-state index in [1.54, 1.807) is 11.3 Å². The summed E-state index contributed by atoms with van der Waals surface area (Å²) < 4.78 is 0. The van der Waals surface area contributed by atoms with Gasteiger partial charge in [0.2, 0.25) is 0 Å². The minimum absolute atomic E-state index is 0.519. The van der Waals surface area contributed by atoms with E-state index in [4.69, 9.17) is 0 Å². The Kier molecular flexibility index (Phi) is 10.4. The zero-order valence-electron chi connectivity index (χ0n) is 26.4. The number of aromatic nitrogens is 2. The van der Waals surface area contributed by atoms with Crippen LogP contribution in [-0.4, -0.2) is 23.3 Å². The fourth-order valence-electron chi connectivity index (χ4n) is 5.19. The Bertz CT molecular complexity index is 1850. The molecule has 3 aromatic carbocycles. The van der Waals surface area contributed by atoms with Crippen molar-refractivity contribution in [3.05, 3.63) is 89.5 Å². The fourth-order valence-corrected chi connectivity index (χ4v) is 6.74. The third-order valence-corrected chi connectivity index (χ3v) is 9.71. The fraction of sp³-hybridized carbons (Fsp3) is 0.314. The molecule has 0 amide bonds. The number of anilines is 1. The minimum atomic E-state index is 0.519. The molecular weight excluding hydrogens is 611 g/mol. The zero-order valence-corrected chi connectivity index (χ0v) is 28.1. The van der Waals surface area contributed by atoms with Gasteiger partial charge in [0, 0.05) is 18.7 Å². The first-order valence-electron chi connectivity index (χ1n) is 15.8. The number of unbranched alkanes of at least 4 members (excludes halogenated alkanes) is 2. The summed E-state index contributed by atoms with van der Waals surface area (Å²) in [5, 5.41) is 38.7. The smallest absolute Gasteiger partial charge is 0.252 e. The first-order valence-corrected chi connectivity index (χ1v) is 17.4. The summed E-state index contributed by atoms with van der Waals surface area (Å²) in [6.07, 6.45) is 7.35. The van der Waals surface area contributed by atoms with Crippen LogP contribution < -0.4 is 4.90 Å². The average Bonchev–Trinajstić information content (AvgIpc) is 3.86. The first-order chi connectivity index (χ1) is 22.5. The predicted octanol–water partition coefficient (Wildman–Crippen LogP) is 12.5. The Labute approximate surface area is 277 Å². The van der Waals surface area contributed by atoms with Crippen LogP contribution in [0.5, 0.6) is 0 Å². The van der Waals surface area contributed by atoms with Gasteiger partial charge in [-0.3, -0.25) is 0 Å². The van der Waals surface area contributed by atoms with Crippen molar-refractivity contribution in [3.8, 4) is 10.6 Å². The van der Waals surface area contributed by atoms with E-state index >= 15 is 0 Å². The van der Waals surface area contributed by atoms with E-state index in [2.05, 4.69) is 83.0 Å². The van der Waals surface area contributed by atoms with E-state index < -0.39 is 0 Å². The number of rotatable bonds is 12. The molecule has 0 spiro atoms. The molecule has 1 aliphatic rings. The molecule has 46 heavy (non-hydrogen) atoms. The molecule has 0 aliphatic carbocycles. The van der Waals surface area contributed by atoms with Gasteiger partial charge in [0.05, 0.1) is 27.8 Å². The summed E-state index contributed by atoms with van der Waals surface area (Å²) in [5.41, 5.74) is 7.37. The number of thiophene rings is 1. The largest absolute Gasteiger partial charge is 0.363 e. The number of hydrogen-bond donors (Lipinski definition) is 0. The van der Waals surface area contributed by atoms with E-state index in [0.29, 0.717) is 5.13 Å². The Balaban J connectivity index is 1.05. The van der Waals surface area contributed by atoms with Crippen LogP contribution in [0.1, 0.15) is 55.7 Å². The van der Waals surface area contributed by atoms with Gasteiger partial charge in [0.1, 0.15) is 10.0 Å². The van der Waals surface area contributed by atoms with Crippen molar-refractivity contribution in [3.63, 3.8) is 0 Å². The molecule has 3 heterocycles. The highest BCUT2D eigenvalue weighted by atomic mass is 32.1. The Morgan fingerprint density at radius 2 is 1.35 bits per heavy atom. The highest BCUT2D eigenvalue weighted by Crippen LogP contribution is 2.36. The standard InChI is InChI=1S/C35H37N9S2/c1-4-5-6-9-26-10-12-27(13-11-26)34-41-43-35(46-34)42-39-31-17-14-28(22-25(31)3)36-38-30-16-15-29(23-24(30)2)37-40-32-18-19-33(45-32)44-20-7-8-21-44/h10-19,22-23H,4-9,20-21H2,1-3H3/b38-36+,40-37+,42-39+. The molecule has 0 atom stereocenters. The summed E-state index contributed by atoms with van der Waals surface area (Å²) >= 11 is 3.11. The van der Waals surface area contributed by atoms with Crippen molar-refractivity contribution in [1.82, 2.24) is 10.2 Å². The van der Waals surface area contributed by atoms with Crippen LogP contribution in [0.2, 0.25) is 0 Å². The molecule has 0 bridgehead atoms. The maximum atomic E-state index is 4.48. The molecule has 1 aliphatic heterocycles. The highest BCUT2D eigenvalue weighted by molar-refractivity contribution is 7.19. The van der Waals surface area contributed by atoms with Crippen molar-refractivity contribution < 1.29 is 0 Å². The van der Waals surface area contributed by atoms with Gasteiger partial charge >= 0.3 is 0 Å². The minimum Gasteiger partial charge on any atom is -0.363 e. The summed E-state index contributed by atoms with van der Waals surface area (Å²) in [4.78, 5) is 2.41. The predicted molar refractivity (Wildman–Crippen MR) is 189 cm³/mol. The zero-order chi connectivity index (χ0) is 31.7. The normalized spacial score (nSPS) is 13.7. The van der Waals surface area contributed by atoms with Crippen LogP contribution in [0.3, 0.4) is 0 Å². The monoisotopic (exact) mass is 647 g/mol. The van der Waals surface area contributed by atoms with E-state index in [0.717, 1.165) is 69.0 Å².